The molecule has 0 saturated heterocycles. The first kappa shape index (κ1) is 25.8. The summed E-state index contributed by atoms with van der Waals surface area (Å²) in [6, 6.07) is 16.6. The number of carboxylic acids is 1. The van der Waals surface area contributed by atoms with Crippen molar-refractivity contribution in [2.24, 2.45) is 11.8 Å². The highest BCUT2D eigenvalue weighted by Crippen LogP contribution is 2.39. The largest absolute Gasteiger partial charge is 0.481 e. The molecule has 1 saturated carbocycles. The van der Waals surface area contributed by atoms with E-state index in [0.29, 0.717) is 24.2 Å². The van der Waals surface area contributed by atoms with Gasteiger partial charge < -0.3 is 5.11 Å². The van der Waals surface area contributed by atoms with Gasteiger partial charge in [0.15, 0.2) is 5.82 Å². The van der Waals surface area contributed by atoms with Crippen LogP contribution in [0, 0.1) is 11.8 Å². The van der Waals surface area contributed by atoms with Gasteiger partial charge >= 0.3 is 5.97 Å². The highest BCUT2D eigenvalue weighted by atomic mass is 16.4. The third-order valence-corrected chi connectivity index (χ3v) is 8.11. The monoisotopic (exact) mass is 513 g/mol. The smallest absolute Gasteiger partial charge is 0.306 e. The number of rotatable bonds is 9. The summed E-state index contributed by atoms with van der Waals surface area (Å²) in [6.07, 6.45) is 4.72. The number of nitrogens with one attached hydrogen (secondary N) is 1. The SMILES string of the molecule is CCC(C)c1nc(C2CCC(C(C)C(=O)O)CC2)n(Cc2ccc(-c3ccccc3-c3nn[nH]n3)cc2)n1. The second-order valence-corrected chi connectivity index (χ2v) is 10.5. The first-order chi connectivity index (χ1) is 18.4. The normalized spacial score (nSPS) is 19.2. The van der Waals surface area contributed by atoms with E-state index in [-0.39, 0.29) is 11.8 Å². The summed E-state index contributed by atoms with van der Waals surface area (Å²) >= 11 is 0. The van der Waals surface area contributed by atoms with Crippen LogP contribution >= 0.6 is 0 Å². The number of hydrogen-bond acceptors (Lipinski definition) is 6. The van der Waals surface area contributed by atoms with Gasteiger partial charge in [-0.3, -0.25) is 4.79 Å². The Balaban J connectivity index is 1.37. The van der Waals surface area contributed by atoms with Crippen molar-refractivity contribution in [3.8, 4) is 22.5 Å². The molecule has 1 aliphatic rings. The minimum atomic E-state index is -0.695. The van der Waals surface area contributed by atoms with Gasteiger partial charge in [-0.15, -0.1) is 10.2 Å². The van der Waals surface area contributed by atoms with Crippen LogP contribution in [0.25, 0.3) is 22.5 Å². The van der Waals surface area contributed by atoms with Crippen LogP contribution in [-0.2, 0) is 11.3 Å². The van der Waals surface area contributed by atoms with Gasteiger partial charge in [-0.25, -0.2) is 9.67 Å². The Labute approximate surface area is 222 Å². The van der Waals surface area contributed by atoms with Gasteiger partial charge in [-0.2, -0.15) is 10.3 Å². The Morgan fingerprint density at radius 2 is 1.76 bits per heavy atom. The zero-order chi connectivity index (χ0) is 26.6. The zero-order valence-corrected chi connectivity index (χ0v) is 22.2. The maximum Gasteiger partial charge on any atom is 0.306 e. The number of aromatic amines is 1. The van der Waals surface area contributed by atoms with Crippen molar-refractivity contribution in [3.63, 3.8) is 0 Å². The number of aromatic nitrogens is 7. The van der Waals surface area contributed by atoms with Crippen molar-refractivity contribution >= 4 is 5.97 Å². The molecule has 1 aliphatic carbocycles. The average Bonchev–Trinajstić information content (AvgIpc) is 3.64. The topological polar surface area (TPSA) is 122 Å². The summed E-state index contributed by atoms with van der Waals surface area (Å²) in [5.74, 6) is 2.34. The Kier molecular flexibility index (Phi) is 7.62. The zero-order valence-electron chi connectivity index (χ0n) is 22.2. The molecule has 2 aromatic heterocycles. The lowest BCUT2D eigenvalue weighted by molar-refractivity contribution is -0.143. The van der Waals surface area contributed by atoms with E-state index in [1.54, 1.807) is 0 Å². The summed E-state index contributed by atoms with van der Waals surface area (Å²) in [5.41, 5.74) is 4.21. The fourth-order valence-electron chi connectivity index (χ4n) is 5.43. The van der Waals surface area contributed by atoms with E-state index in [9.17, 15) is 9.90 Å². The van der Waals surface area contributed by atoms with Crippen LogP contribution in [-0.4, -0.2) is 46.5 Å². The Morgan fingerprint density at radius 3 is 2.39 bits per heavy atom. The molecule has 5 rings (SSSR count). The van der Waals surface area contributed by atoms with Crippen molar-refractivity contribution in [1.29, 1.82) is 0 Å². The number of benzene rings is 2. The van der Waals surface area contributed by atoms with E-state index in [4.69, 9.17) is 10.1 Å². The first-order valence-electron chi connectivity index (χ1n) is 13.5. The van der Waals surface area contributed by atoms with Gasteiger partial charge in [0.05, 0.1) is 12.5 Å². The summed E-state index contributed by atoms with van der Waals surface area (Å²) in [7, 11) is 0. The van der Waals surface area contributed by atoms with Gasteiger partial charge in [-0.1, -0.05) is 69.3 Å². The maximum absolute atomic E-state index is 11.5. The van der Waals surface area contributed by atoms with E-state index in [2.05, 4.69) is 69.5 Å². The molecular formula is C29H35N7O2. The van der Waals surface area contributed by atoms with E-state index >= 15 is 0 Å². The number of nitrogens with zero attached hydrogens (tertiary/aromatic N) is 6. The van der Waals surface area contributed by atoms with Gasteiger partial charge in [0.25, 0.3) is 0 Å². The fourth-order valence-corrected chi connectivity index (χ4v) is 5.43. The molecule has 1 fully saturated rings. The molecule has 0 aliphatic heterocycles. The molecule has 2 atom stereocenters. The third-order valence-electron chi connectivity index (χ3n) is 8.11. The molecule has 198 valence electrons. The number of tetrazole rings is 1. The van der Waals surface area contributed by atoms with Crippen LogP contribution in [0.15, 0.2) is 48.5 Å². The highest BCUT2D eigenvalue weighted by molar-refractivity contribution is 5.80. The maximum atomic E-state index is 11.5. The predicted octanol–water partition coefficient (Wildman–Crippen LogP) is 5.68. The van der Waals surface area contributed by atoms with E-state index in [1.807, 2.05) is 25.1 Å². The molecule has 2 unspecified atom stereocenters. The average molecular weight is 514 g/mol. The van der Waals surface area contributed by atoms with Crippen LogP contribution < -0.4 is 0 Å². The van der Waals surface area contributed by atoms with Crippen LogP contribution in [0.5, 0.6) is 0 Å². The molecule has 0 spiro atoms. The lowest BCUT2D eigenvalue weighted by Gasteiger charge is -2.30. The number of carboxylic acid groups (broad SMARTS) is 1. The summed E-state index contributed by atoms with van der Waals surface area (Å²) < 4.78 is 2.08. The third kappa shape index (κ3) is 5.37. The molecule has 9 nitrogen and oxygen atoms in total. The van der Waals surface area contributed by atoms with Gasteiger partial charge in [0, 0.05) is 17.4 Å². The summed E-state index contributed by atoms with van der Waals surface area (Å²) in [4.78, 5) is 16.5. The molecule has 2 N–H and O–H groups in total. The lowest BCUT2D eigenvalue weighted by Crippen LogP contribution is -2.26. The summed E-state index contributed by atoms with van der Waals surface area (Å²) in [5, 5.41) is 28.9. The molecular weight excluding hydrogens is 478 g/mol. The Bertz CT molecular complexity index is 1360. The molecule has 0 radical (unpaired) electrons. The van der Waals surface area contributed by atoms with Gasteiger partial charge in [-0.05, 0) is 59.9 Å². The Morgan fingerprint density at radius 1 is 1.05 bits per heavy atom. The van der Waals surface area contributed by atoms with E-state index in [0.717, 1.165) is 66.0 Å². The molecule has 0 bridgehead atoms. The molecule has 9 heteroatoms. The Hall–Kier alpha value is -3.88. The number of hydrogen-bond donors (Lipinski definition) is 2. The van der Waals surface area contributed by atoms with Crippen molar-refractivity contribution in [2.45, 2.75) is 71.3 Å². The van der Waals surface area contributed by atoms with Crippen molar-refractivity contribution < 1.29 is 9.90 Å². The second-order valence-electron chi connectivity index (χ2n) is 10.5. The summed E-state index contributed by atoms with van der Waals surface area (Å²) in [6.45, 7) is 6.82. The van der Waals surface area contributed by atoms with Crippen LogP contribution in [0.1, 0.15) is 81.9 Å². The van der Waals surface area contributed by atoms with Crippen LogP contribution in [0.2, 0.25) is 0 Å². The number of carbonyl (C=O) groups is 1. The van der Waals surface area contributed by atoms with Crippen molar-refractivity contribution in [1.82, 2.24) is 35.4 Å². The number of H-pyrrole nitrogens is 1. The molecule has 2 heterocycles. The van der Waals surface area contributed by atoms with Crippen molar-refractivity contribution in [2.75, 3.05) is 0 Å². The van der Waals surface area contributed by atoms with Crippen LogP contribution in [0.4, 0.5) is 0 Å². The predicted molar refractivity (Wildman–Crippen MR) is 144 cm³/mol. The quantitative estimate of drug-likeness (QED) is 0.295. The lowest BCUT2D eigenvalue weighted by atomic mass is 9.76. The fraction of sp³-hybridized carbons (Fsp3) is 0.448. The highest BCUT2D eigenvalue weighted by Gasteiger charge is 2.32. The van der Waals surface area contributed by atoms with E-state index < -0.39 is 5.97 Å². The number of aliphatic carboxylic acids is 1. The minimum Gasteiger partial charge on any atom is -0.481 e. The van der Waals surface area contributed by atoms with Gasteiger partial charge in [0.1, 0.15) is 5.82 Å². The first-order valence-corrected chi connectivity index (χ1v) is 13.5. The van der Waals surface area contributed by atoms with E-state index in [1.165, 1.54) is 0 Å². The van der Waals surface area contributed by atoms with Gasteiger partial charge in [0.2, 0.25) is 5.82 Å². The molecule has 4 aromatic rings. The molecule has 2 aromatic carbocycles. The standard InChI is InChI=1S/C29H35N7O2/c1-4-18(2)26-30-28(23-15-13-21(14-16-23)19(3)29(37)38)36(33-26)17-20-9-11-22(12-10-20)24-7-5-6-8-25(24)27-31-34-35-32-27/h5-12,18-19,21,23H,4,13-17H2,1-3H3,(H,37,38)(H,31,32,34,35). The van der Waals surface area contributed by atoms with Crippen molar-refractivity contribution in [3.05, 3.63) is 65.7 Å². The molecule has 38 heavy (non-hydrogen) atoms. The minimum absolute atomic E-state index is 0.233. The van der Waals surface area contributed by atoms with Crippen LogP contribution in [0.3, 0.4) is 0 Å². The molecule has 0 amide bonds. The second kappa shape index (κ2) is 11.2.